The zero-order chi connectivity index (χ0) is 39.3. The van der Waals surface area contributed by atoms with Crippen LogP contribution < -0.4 is 11.1 Å². The number of ether oxygens (including phenoxy) is 1. The zero-order valence-electron chi connectivity index (χ0n) is 33.1. The van der Waals surface area contributed by atoms with E-state index in [2.05, 4.69) is 19.2 Å². The van der Waals surface area contributed by atoms with Gasteiger partial charge in [-0.1, -0.05) is 150 Å². The van der Waals surface area contributed by atoms with Gasteiger partial charge in [0.15, 0.2) is 0 Å². The number of para-hydroxylation sites is 1. The first-order valence-electron chi connectivity index (χ1n) is 20.5. The second-order valence-corrected chi connectivity index (χ2v) is 14.7. The average molecular weight is 751 g/mol. The molecule has 0 spiro atoms. The van der Waals surface area contributed by atoms with Crippen molar-refractivity contribution in [3.63, 3.8) is 0 Å². The van der Waals surface area contributed by atoms with Crippen LogP contribution in [0.4, 0.5) is 0 Å². The van der Waals surface area contributed by atoms with Crippen LogP contribution in [0.3, 0.4) is 0 Å². The van der Waals surface area contributed by atoms with Gasteiger partial charge in [0.1, 0.15) is 18.3 Å². The minimum Gasteiger partial charge on any atom is -0.461 e. The molecule has 1 aromatic heterocycles. The Morgan fingerprint density at radius 2 is 1.35 bits per heavy atom. The fourth-order valence-electron chi connectivity index (χ4n) is 7.23. The maximum absolute atomic E-state index is 14.8. The number of rotatable bonds is 26. The molecular weight excluding hydrogens is 689 g/mol. The van der Waals surface area contributed by atoms with E-state index in [1.807, 2.05) is 95.6 Å². The molecule has 0 unspecified atom stereocenters. The highest BCUT2D eigenvalue weighted by Gasteiger charge is 2.32. The summed E-state index contributed by atoms with van der Waals surface area (Å²) in [4.78, 5) is 56.3. The van der Waals surface area contributed by atoms with Crippen molar-refractivity contribution in [2.45, 2.75) is 135 Å². The number of fused-ring (bicyclic) bond motifs is 1. The van der Waals surface area contributed by atoms with Crippen LogP contribution >= 0.6 is 0 Å². The van der Waals surface area contributed by atoms with Crippen molar-refractivity contribution < 1.29 is 23.9 Å². The van der Waals surface area contributed by atoms with Gasteiger partial charge >= 0.3 is 5.97 Å². The summed E-state index contributed by atoms with van der Waals surface area (Å²) in [5, 5.41) is 4.03. The quantitative estimate of drug-likeness (QED) is 0.0490. The summed E-state index contributed by atoms with van der Waals surface area (Å²) in [5.74, 6) is -1.44. The molecule has 0 saturated carbocycles. The number of carbonyl (C=O) groups excluding carboxylic acids is 4. The SMILES string of the molecule is CCCCCCCCC[C@@H](CC(N)=O)N(CCCCC)C(=O)[C@H](CCCC(=O)OCc1ccccc1)NC(=O)c1cc2ccccc2n1Cc1ccccc1. The lowest BCUT2D eigenvalue weighted by Gasteiger charge is -2.35. The molecule has 0 fully saturated rings. The number of primary amides is 1. The van der Waals surface area contributed by atoms with Gasteiger partial charge in [0, 0.05) is 42.9 Å². The van der Waals surface area contributed by atoms with E-state index >= 15 is 0 Å². The van der Waals surface area contributed by atoms with E-state index in [0.717, 1.165) is 60.6 Å². The van der Waals surface area contributed by atoms with Crippen molar-refractivity contribution in [3.8, 4) is 0 Å². The molecule has 3 amide bonds. The van der Waals surface area contributed by atoms with Crippen LogP contribution in [0.15, 0.2) is 91.0 Å². The van der Waals surface area contributed by atoms with E-state index in [9.17, 15) is 19.2 Å². The highest BCUT2D eigenvalue weighted by molar-refractivity contribution is 6.01. The Bertz CT molecular complexity index is 1760. The maximum Gasteiger partial charge on any atom is 0.306 e. The van der Waals surface area contributed by atoms with E-state index in [4.69, 9.17) is 10.5 Å². The third-order valence-corrected chi connectivity index (χ3v) is 10.3. The van der Waals surface area contributed by atoms with Crippen LogP contribution in [-0.4, -0.2) is 51.8 Å². The zero-order valence-corrected chi connectivity index (χ0v) is 33.1. The third-order valence-electron chi connectivity index (χ3n) is 10.3. The Hall–Kier alpha value is -4.92. The lowest BCUT2D eigenvalue weighted by molar-refractivity contribution is -0.145. The molecule has 3 N–H and O–H groups in total. The van der Waals surface area contributed by atoms with E-state index in [-0.39, 0.29) is 49.7 Å². The summed E-state index contributed by atoms with van der Waals surface area (Å²) in [5.41, 5.74) is 9.10. The van der Waals surface area contributed by atoms with Crippen molar-refractivity contribution in [2.24, 2.45) is 5.73 Å². The summed E-state index contributed by atoms with van der Waals surface area (Å²) in [6.45, 7) is 5.42. The topological polar surface area (TPSA) is 124 Å². The van der Waals surface area contributed by atoms with Crippen molar-refractivity contribution in [1.82, 2.24) is 14.8 Å². The second-order valence-electron chi connectivity index (χ2n) is 14.7. The molecule has 0 aliphatic rings. The molecule has 0 aliphatic heterocycles. The molecule has 0 radical (unpaired) electrons. The van der Waals surface area contributed by atoms with Gasteiger partial charge in [-0.2, -0.15) is 0 Å². The number of hydrogen-bond donors (Lipinski definition) is 2. The van der Waals surface area contributed by atoms with E-state index < -0.39 is 11.9 Å². The molecule has 4 aromatic rings. The van der Waals surface area contributed by atoms with E-state index in [1.165, 1.54) is 25.7 Å². The number of nitrogens with two attached hydrogens (primary N) is 1. The van der Waals surface area contributed by atoms with E-state index in [0.29, 0.717) is 31.6 Å². The average Bonchev–Trinajstić information content (AvgIpc) is 3.56. The molecule has 2 atom stereocenters. The predicted octanol–water partition coefficient (Wildman–Crippen LogP) is 9.11. The Labute approximate surface area is 328 Å². The molecule has 0 bridgehead atoms. The smallest absolute Gasteiger partial charge is 0.306 e. The first kappa shape index (κ1) is 42.8. The van der Waals surface area contributed by atoms with Gasteiger partial charge < -0.3 is 25.3 Å². The monoisotopic (exact) mass is 750 g/mol. The number of amides is 3. The molecule has 1 heterocycles. The number of hydrogen-bond acceptors (Lipinski definition) is 5. The van der Waals surface area contributed by atoms with Gasteiger partial charge in [-0.25, -0.2) is 0 Å². The van der Waals surface area contributed by atoms with Crippen molar-refractivity contribution >= 4 is 34.6 Å². The lowest BCUT2D eigenvalue weighted by Crippen LogP contribution is -2.53. The molecule has 4 rings (SSSR count). The minimum absolute atomic E-state index is 0.0610. The predicted molar refractivity (Wildman–Crippen MR) is 220 cm³/mol. The van der Waals surface area contributed by atoms with Crippen LogP contribution in [0, 0.1) is 0 Å². The Morgan fingerprint density at radius 1 is 0.727 bits per heavy atom. The van der Waals surface area contributed by atoms with Crippen LogP contribution in [0.25, 0.3) is 10.9 Å². The van der Waals surface area contributed by atoms with Crippen LogP contribution in [-0.2, 0) is 32.3 Å². The van der Waals surface area contributed by atoms with Crippen molar-refractivity contribution in [2.75, 3.05) is 6.54 Å². The van der Waals surface area contributed by atoms with Crippen molar-refractivity contribution in [3.05, 3.63) is 108 Å². The molecule has 0 saturated heterocycles. The van der Waals surface area contributed by atoms with Gasteiger partial charge in [-0.15, -0.1) is 0 Å². The number of aromatic nitrogens is 1. The van der Waals surface area contributed by atoms with Gasteiger partial charge in [0.2, 0.25) is 11.8 Å². The number of benzene rings is 3. The summed E-state index contributed by atoms with van der Waals surface area (Å²) in [6.07, 6.45) is 11.9. The van der Waals surface area contributed by atoms with Crippen molar-refractivity contribution in [1.29, 1.82) is 0 Å². The molecule has 55 heavy (non-hydrogen) atoms. The van der Waals surface area contributed by atoms with Crippen LogP contribution in [0.1, 0.15) is 132 Å². The highest BCUT2D eigenvalue weighted by Crippen LogP contribution is 2.23. The highest BCUT2D eigenvalue weighted by atomic mass is 16.5. The molecule has 3 aromatic carbocycles. The first-order chi connectivity index (χ1) is 26.8. The molecule has 296 valence electrons. The standard InChI is InChI=1S/C46H62N4O5/c1-3-5-7-8-9-10-17-27-39(33-43(47)51)49(31-20-6-4-2)46(54)40(28-21-30-44(52)55-35-37-24-15-12-16-25-37)48-45(53)42-32-38-26-18-19-29-41(38)50(42)34-36-22-13-11-14-23-36/h11-16,18-19,22-26,29,32,39-40H,3-10,17,20-21,27-28,30-31,33-35H2,1-2H3,(H2,47,51)(H,48,53)/t39-,40-/m0/s1. The normalized spacial score (nSPS) is 12.3. The number of unbranched alkanes of at least 4 members (excludes halogenated alkanes) is 8. The maximum atomic E-state index is 14.8. The number of esters is 1. The largest absolute Gasteiger partial charge is 0.461 e. The fourth-order valence-corrected chi connectivity index (χ4v) is 7.23. The fraction of sp³-hybridized carbons (Fsp3) is 0.478. The molecule has 9 nitrogen and oxygen atoms in total. The Morgan fingerprint density at radius 3 is 2.04 bits per heavy atom. The third kappa shape index (κ3) is 14.3. The number of nitrogens with zero attached hydrogens (tertiary/aromatic N) is 2. The van der Waals surface area contributed by atoms with E-state index in [1.54, 1.807) is 4.90 Å². The number of nitrogens with one attached hydrogen (secondary N) is 1. The van der Waals surface area contributed by atoms with Gasteiger partial charge in [-0.3, -0.25) is 19.2 Å². The minimum atomic E-state index is -0.927. The number of carbonyl (C=O) groups is 4. The van der Waals surface area contributed by atoms with Crippen LogP contribution in [0.2, 0.25) is 0 Å². The summed E-state index contributed by atoms with van der Waals surface area (Å²) >= 11 is 0. The van der Waals surface area contributed by atoms with Gasteiger partial charge in [-0.05, 0) is 48.9 Å². The first-order valence-corrected chi connectivity index (χ1v) is 20.5. The molecule has 0 aliphatic carbocycles. The summed E-state index contributed by atoms with van der Waals surface area (Å²) < 4.78 is 7.52. The second kappa shape index (κ2) is 23.8. The summed E-state index contributed by atoms with van der Waals surface area (Å²) in [6, 6.07) is 27.9. The molecular formula is C46H62N4O5. The molecule has 9 heteroatoms. The summed E-state index contributed by atoms with van der Waals surface area (Å²) in [7, 11) is 0. The van der Waals surface area contributed by atoms with Crippen LogP contribution in [0.5, 0.6) is 0 Å². The Balaban J connectivity index is 1.58. The Kier molecular flexibility index (Phi) is 18.5. The van der Waals surface area contributed by atoms with Gasteiger partial charge in [0.25, 0.3) is 5.91 Å². The van der Waals surface area contributed by atoms with Gasteiger partial charge in [0.05, 0.1) is 0 Å². The lowest BCUT2D eigenvalue weighted by atomic mass is 9.99.